The Morgan fingerprint density at radius 1 is 0.720 bits per heavy atom. The van der Waals surface area contributed by atoms with Gasteiger partial charge in [0.1, 0.15) is 23.6 Å². The molecule has 19 nitrogen and oxygen atoms in total. The Bertz CT molecular complexity index is 3420. The van der Waals surface area contributed by atoms with Crippen LogP contribution in [0.4, 0.5) is 21.9 Å². The van der Waals surface area contributed by atoms with E-state index in [-0.39, 0.29) is 84.6 Å². The average Bonchev–Trinajstić information content (AvgIpc) is 4.26. The number of aliphatic hydroxyl groups excluding tert-OH is 1. The predicted molar refractivity (Wildman–Crippen MR) is 305 cm³/mol. The summed E-state index contributed by atoms with van der Waals surface area (Å²) in [6, 6.07) is 28.7. The van der Waals surface area contributed by atoms with Gasteiger partial charge in [0.05, 0.1) is 68.6 Å². The largest absolute Gasteiger partial charge is 2.00 e. The van der Waals surface area contributed by atoms with Gasteiger partial charge >= 0.3 is 27.2 Å². The average molecular weight is 1280 g/mol. The maximum atomic E-state index is 13.9. The number of Topliss-reactive ketones (excluding diaryl/α,β-unsaturated/α-hetero) is 1. The molecule has 5 amide bonds. The predicted octanol–water partition coefficient (Wildman–Crippen LogP) is 8.55. The van der Waals surface area contributed by atoms with Crippen molar-refractivity contribution in [3.05, 3.63) is 174 Å². The van der Waals surface area contributed by atoms with Gasteiger partial charge in [0, 0.05) is 98.5 Å². The van der Waals surface area contributed by atoms with Gasteiger partial charge in [0.2, 0.25) is 0 Å². The first kappa shape index (κ1) is 59.4. The van der Waals surface area contributed by atoms with Crippen molar-refractivity contribution in [2.75, 3.05) is 52.9 Å². The van der Waals surface area contributed by atoms with E-state index in [1.165, 1.54) is 19.3 Å². The number of amides is 5. The summed E-state index contributed by atoms with van der Waals surface area (Å²) in [7, 11) is 4.96. The molecule has 0 saturated carbocycles. The van der Waals surface area contributed by atoms with Crippen LogP contribution in [0.25, 0.3) is 11.1 Å². The molecule has 6 heterocycles. The van der Waals surface area contributed by atoms with E-state index in [9.17, 15) is 33.9 Å². The fourth-order valence-electron chi connectivity index (χ4n) is 10.2. The number of anilines is 1. The number of likely N-dealkylation sites (N-methyl/N-ethyl adjacent to an activating group) is 1. The Labute approximate surface area is 489 Å². The minimum Gasteiger partial charge on any atom is -0.497 e. The van der Waals surface area contributed by atoms with Crippen LogP contribution < -0.4 is 24.3 Å². The second-order valence-corrected chi connectivity index (χ2v) is 19.8. The number of hydrogen-bond donors (Lipinski definition) is 2. The third kappa shape index (κ3) is 12.3. The number of ketones is 1. The number of methoxy groups -OCH3 is 2. The molecular weight excluding hydrogens is 1220 g/mol. The van der Waals surface area contributed by atoms with Gasteiger partial charge in [-0.05, 0) is 71.3 Å². The summed E-state index contributed by atoms with van der Waals surface area (Å²) in [6.07, 6.45) is 10.7. The summed E-state index contributed by atoms with van der Waals surface area (Å²) in [6.45, 7) is 8.26. The fraction of sp³-hybridized carbons (Fsp3) is 0.258. The summed E-state index contributed by atoms with van der Waals surface area (Å²) in [5.74, 6) is 0.350. The van der Waals surface area contributed by atoms with E-state index in [4.69, 9.17) is 28.7 Å². The Balaban J connectivity index is 0.000000448. The maximum Gasteiger partial charge on any atom is 2.00 e. The van der Waals surface area contributed by atoms with Crippen LogP contribution in [0.2, 0.25) is 0 Å². The van der Waals surface area contributed by atoms with E-state index < -0.39 is 23.4 Å². The first-order valence-electron chi connectivity index (χ1n) is 25.8. The molecule has 0 bridgehead atoms. The van der Waals surface area contributed by atoms with Gasteiger partial charge in [-0.2, -0.15) is 24.6 Å². The summed E-state index contributed by atoms with van der Waals surface area (Å²) in [5, 5.41) is 13.0. The van der Waals surface area contributed by atoms with E-state index in [1.807, 2.05) is 85.0 Å². The molecule has 82 heavy (non-hydrogen) atoms. The number of carbonyl (C=O) groups is 6. The number of carbonyl (C=O) groups excluding carboxylic acids is 6. The molecule has 0 aliphatic carbocycles. The number of aliphatic hydroxyl groups is 1. The molecule has 6 aliphatic rings. The van der Waals surface area contributed by atoms with Crippen molar-refractivity contribution in [3.8, 4) is 23.0 Å². The third-order valence-electron chi connectivity index (χ3n) is 14.5. The summed E-state index contributed by atoms with van der Waals surface area (Å²) >= 11 is 0. The van der Waals surface area contributed by atoms with Crippen molar-refractivity contribution in [1.82, 2.24) is 19.6 Å². The number of aliphatic imine (C=N–C) groups is 2. The molecule has 0 spiro atoms. The molecule has 5 aromatic carbocycles. The summed E-state index contributed by atoms with van der Waals surface area (Å²) in [5.41, 5.74) is 7.36. The van der Waals surface area contributed by atoms with Crippen LogP contribution in [0.5, 0.6) is 23.0 Å². The van der Waals surface area contributed by atoms with Gasteiger partial charge in [-0.1, -0.05) is 31.7 Å². The quantitative estimate of drug-likeness (QED) is 0.0538. The minimum absolute atomic E-state index is 0. The zero-order valence-corrected chi connectivity index (χ0v) is 47.6. The van der Waals surface area contributed by atoms with Crippen LogP contribution in [-0.4, -0.2) is 138 Å². The van der Waals surface area contributed by atoms with Crippen LogP contribution in [-0.2, 0) is 53.4 Å². The second-order valence-electron chi connectivity index (χ2n) is 19.8. The Hall–Kier alpha value is -8.77. The molecule has 0 aromatic heterocycles. The maximum absolute atomic E-state index is 13.9. The van der Waals surface area contributed by atoms with Crippen molar-refractivity contribution in [2.45, 2.75) is 57.5 Å². The molecule has 1 fully saturated rings. The van der Waals surface area contributed by atoms with E-state index >= 15 is 0 Å². The molecule has 0 radical (unpaired) electrons. The Morgan fingerprint density at radius 2 is 1.26 bits per heavy atom. The molecule has 2 N–H and O–H groups in total. The van der Waals surface area contributed by atoms with Crippen LogP contribution in [0.15, 0.2) is 132 Å². The zero-order valence-electron chi connectivity index (χ0n) is 44.7. The van der Waals surface area contributed by atoms with Crippen molar-refractivity contribution < 1.29 is 78.6 Å². The van der Waals surface area contributed by atoms with Gasteiger partial charge in [0.15, 0.2) is 11.5 Å². The molecule has 11 rings (SSSR count). The first-order chi connectivity index (χ1) is 38.6. The van der Waals surface area contributed by atoms with Gasteiger partial charge in [-0.25, -0.2) is 4.79 Å². The van der Waals surface area contributed by atoms with E-state index in [1.54, 1.807) is 65.7 Å². The van der Waals surface area contributed by atoms with Gasteiger partial charge in [-0.15, -0.1) is 12.1 Å². The topological polar surface area (TPSA) is 219 Å². The van der Waals surface area contributed by atoms with E-state index in [0.29, 0.717) is 83.4 Å². The fourth-order valence-corrected chi connectivity index (χ4v) is 10.2. The Kier molecular flexibility index (Phi) is 18.3. The first-order valence-corrected chi connectivity index (χ1v) is 25.8. The summed E-state index contributed by atoms with van der Waals surface area (Å²) in [4.78, 5) is 90.1. The minimum atomic E-state index is -1.04. The van der Waals surface area contributed by atoms with Crippen molar-refractivity contribution in [1.29, 1.82) is 0 Å². The van der Waals surface area contributed by atoms with Crippen molar-refractivity contribution >= 4 is 76.1 Å². The zero-order chi connectivity index (χ0) is 56.2. The number of imide groups is 1. The monoisotopic (exact) mass is 1280 g/mol. The number of benzene rings is 5. The second kappa shape index (κ2) is 25.4. The third-order valence-corrected chi connectivity index (χ3v) is 14.5. The number of hydrogen-bond acceptors (Lipinski definition) is 15. The number of fused-ring (bicyclic) bond motifs is 4. The van der Waals surface area contributed by atoms with Crippen LogP contribution in [0, 0.1) is 13.8 Å². The number of nitrogens with one attached hydrogen (secondary N) is 1. The molecule has 20 heteroatoms. The molecule has 422 valence electrons. The summed E-state index contributed by atoms with van der Waals surface area (Å²) < 4.78 is 28.5. The molecule has 6 aliphatic heterocycles. The molecular formula is C62H61N7O12W. The Morgan fingerprint density at radius 3 is 1.78 bits per heavy atom. The number of ether oxygens (including phenoxy) is 5. The standard InChI is InChI=1S/C51H46N5O9.C10H11N2O3.CH4.W/c1-31-5-7-32(8-6-31)30-65-51(60)54-38-13-9-33(10-14-38)35-19-40-26-53-45-24-48(47(62-3)22-43(45)50(59)56(40)27-35)64-18-4-17-63-46-23-44-42(21-37(46)29-57)49(58)55-28-36(20-39(55)25-52-44)34-11-15-41(61-2)16-12-34;1-7(13)10(5-11(2)6-10)12-8(14)3-4-9(12)15;;/h5-16,21-28,39-40,57H,1,4,17-20,29-30H2,2-3H3,(H,54,60);3-4H,1,5-6H2,2H3;1H4;/q2*-1;;+2/t39-,40-;;;/m0.../s1. The normalized spacial score (nSPS) is 17.9. The van der Waals surface area contributed by atoms with Gasteiger partial charge in [-0.3, -0.25) is 39.4 Å². The van der Waals surface area contributed by atoms with Gasteiger partial charge in [0.25, 0.3) is 23.6 Å². The number of nitrogens with zero attached hydrogens (tertiary/aromatic N) is 6. The molecule has 1 saturated heterocycles. The molecule has 5 aromatic rings. The van der Waals surface area contributed by atoms with Crippen molar-refractivity contribution in [2.24, 2.45) is 9.98 Å². The van der Waals surface area contributed by atoms with Crippen LogP contribution >= 0.6 is 0 Å². The molecule has 0 unspecified atom stereocenters. The smallest absolute Gasteiger partial charge is 0.497 e. The van der Waals surface area contributed by atoms with Crippen LogP contribution in [0.3, 0.4) is 0 Å². The van der Waals surface area contributed by atoms with Crippen molar-refractivity contribution in [3.63, 3.8) is 0 Å². The van der Waals surface area contributed by atoms with E-state index in [0.717, 1.165) is 44.0 Å². The number of likely N-dealkylation sites (tertiary alicyclic amines) is 1. The van der Waals surface area contributed by atoms with Crippen LogP contribution in [0.1, 0.15) is 75.2 Å². The van der Waals surface area contributed by atoms with Gasteiger partial charge < -0.3 is 55.2 Å². The SMILES string of the molecule is C.[CH2-]C(=O)C1(N2C(=O)C=CC2=O)CN(C)C1.[CH2-]c1ccc(COC(=O)Nc2ccc(C3=CN4C(=O)c5cc(OC)c(OCCCOc6cc7c(cc6CO)C(=O)N6C=C(c8ccc(OC)cc8)C[C@H]6C=N7)cc5N=C[C@@H]4C3)cc2)cc1.[W+2]. The molecule has 2 atom stereocenters. The van der Waals surface area contributed by atoms with E-state index in [2.05, 4.69) is 24.2 Å². The number of rotatable bonds is 16.